The second kappa shape index (κ2) is 6.65. The Bertz CT molecular complexity index is 213. The summed E-state index contributed by atoms with van der Waals surface area (Å²) < 4.78 is 0. The first-order valence-electron chi connectivity index (χ1n) is 5.82. The lowest BCUT2D eigenvalue weighted by Crippen LogP contribution is -2.44. The monoisotopic (exact) mass is 211 g/mol. The Kier molecular flexibility index (Phi) is 6.30. The predicted molar refractivity (Wildman–Crippen MR) is 65.8 cm³/mol. The molecule has 0 spiro atoms. The van der Waals surface area contributed by atoms with Crippen LogP contribution in [-0.4, -0.2) is 22.9 Å². The molecule has 2 heteroatoms. The van der Waals surface area contributed by atoms with Crippen LogP contribution in [0, 0.1) is 0 Å². The molecule has 0 aliphatic rings. The first-order valence-corrected chi connectivity index (χ1v) is 5.82. The molecule has 0 heterocycles. The summed E-state index contributed by atoms with van der Waals surface area (Å²) in [5.74, 6) is 0.168. The normalized spacial score (nSPS) is 12.1. The van der Waals surface area contributed by atoms with Gasteiger partial charge < -0.3 is 4.90 Å². The molecule has 0 bridgehead atoms. The van der Waals surface area contributed by atoms with E-state index in [1.165, 1.54) is 0 Å². The van der Waals surface area contributed by atoms with E-state index in [9.17, 15) is 4.79 Å². The maximum Gasteiger partial charge on any atom is 0.219 e. The summed E-state index contributed by atoms with van der Waals surface area (Å²) in [4.78, 5) is 13.4. The molecule has 0 fully saturated rings. The molecule has 88 valence electrons. The molecule has 0 aromatic rings. The minimum Gasteiger partial charge on any atom is -0.338 e. The van der Waals surface area contributed by atoms with Crippen molar-refractivity contribution < 1.29 is 4.79 Å². The number of amides is 1. The van der Waals surface area contributed by atoms with E-state index in [2.05, 4.69) is 39.8 Å². The van der Waals surface area contributed by atoms with E-state index in [0.29, 0.717) is 0 Å². The Labute approximate surface area is 94.4 Å². The highest BCUT2D eigenvalue weighted by Crippen LogP contribution is 2.14. The third-order valence-electron chi connectivity index (χ3n) is 2.34. The summed E-state index contributed by atoms with van der Waals surface area (Å²) in [6.45, 7) is 10.9. The van der Waals surface area contributed by atoms with E-state index in [0.717, 1.165) is 25.8 Å². The maximum absolute atomic E-state index is 11.4. The molecule has 0 saturated heterocycles. The van der Waals surface area contributed by atoms with Gasteiger partial charge in [-0.15, -0.1) is 0 Å². The van der Waals surface area contributed by atoms with Crippen molar-refractivity contribution in [2.75, 3.05) is 6.54 Å². The van der Waals surface area contributed by atoms with Crippen LogP contribution in [0.2, 0.25) is 0 Å². The van der Waals surface area contributed by atoms with Crippen molar-refractivity contribution in [1.29, 1.82) is 0 Å². The van der Waals surface area contributed by atoms with Gasteiger partial charge in [-0.1, -0.05) is 19.1 Å². The standard InChI is InChI=1S/C13H25NO/c1-6-7-8-9-10-11-14(12(2)15)13(3,4)5/h7-8H,6,9-11H2,1-5H3/b8-7-. The highest BCUT2D eigenvalue weighted by molar-refractivity contribution is 5.74. The van der Waals surface area contributed by atoms with Crippen LogP contribution in [0.5, 0.6) is 0 Å². The maximum atomic E-state index is 11.4. The molecular weight excluding hydrogens is 186 g/mol. The molecule has 0 aromatic carbocycles. The quantitative estimate of drug-likeness (QED) is 0.504. The van der Waals surface area contributed by atoms with Crippen LogP contribution in [-0.2, 0) is 4.79 Å². The molecule has 1 amide bonds. The minimum atomic E-state index is -0.0553. The second-order valence-corrected chi connectivity index (χ2v) is 4.86. The van der Waals surface area contributed by atoms with E-state index >= 15 is 0 Å². The van der Waals surface area contributed by atoms with E-state index in [1.54, 1.807) is 6.92 Å². The van der Waals surface area contributed by atoms with Gasteiger partial charge in [0.05, 0.1) is 0 Å². The van der Waals surface area contributed by atoms with Crippen LogP contribution in [0.1, 0.15) is 53.9 Å². The number of carbonyl (C=O) groups is 1. The summed E-state index contributed by atoms with van der Waals surface area (Å²) in [5, 5.41) is 0. The van der Waals surface area contributed by atoms with Crippen molar-refractivity contribution in [1.82, 2.24) is 4.90 Å². The summed E-state index contributed by atoms with van der Waals surface area (Å²) in [5.41, 5.74) is -0.0553. The predicted octanol–water partition coefficient (Wildman–Crippen LogP) is 3.38. The molecule has 0 unspecified atom stereocenters. The van der Waals surface area contributed by atoms with Crippen LogP contribution in [0.25, 0.3) is 0 Å². The first-order chi connectivity index (χ1) is 6.89. The fourth-order valence-corrected chi connectivity index (χ4v) is 1.62. The van der Waals surface area contributed by atoms with E-state index in [4.69, 9.17) is 0 Å². The smallest absolute Gasteiger partial charge is 0.219 e. The van der Waals surface area contributed by atoms with Crippen molar-refractivity contribution in [2.24, 2.45) is 0 Å². The van der Waals surface area contributed by atoms with Gasteiger partial charge in [-0.25, -0.2) is 0 Å². The number of nitrogens with zero attached hydrogens (tertiary/aromatic N) is 1. The molecule has 0 atom stereocenters. The lowest BCUT2D eigenvalue weighted by atomic mass is 10.1. The zero-order valence-electron chi connectivity index (χ0n) is 10.8. The van der Waals surface area contributed by atoms with Crippen molar-refractivity contribution in [3.05, 3.63) is 12.2 Å². The van der Waals surface area contributed by atoms with Gasteiger partial charge in [-0.2, -0.15) is 0 Å². The van der Waals surface area contributed by atoms with Crippen molar-refractivity contribution in [2.45, 2.75) is 59.4 Å². The van der Waals surface area contributed by atoms with Gasteiger partial charge in [0, 0.05) is 19.0 Å². The molecule has 0 aliphatic heterocycles. The Hall–Kier alpha value is -0.790. The first kappa shape index (κ1) is 14.2. The zero-order valence-corrected chi connectivity index (χ0v) is 10.8. The van der Waals surface area contributed by atoms with E-state index in [-0.39, 0.29) is 11.4 Å². The number of rotatable bonds is 5. The summed E-state index contributed by atoms with van der Waals surface area (Å²) in [7, 11) is 0. The molecular formula is C13H25NO. The number of hydrogen-bond donors (Lipinski definition) is 0. The number of hydrogen-bond acceptors (Lipinski definition) is 1. The third-order valence-corrected chi connectivity index (χ3v) is 2.34. The van der Waals surface area contributed by atoms with Crippen LogP contribution in [0.4, 0.5) is 0 Å². The van der Waals surface area contributed by atoms with Gasteiger partial charge in [0.2, 0.25) is 5.91 Å². The average molecular weight is 211 g/mol. The lowest BCUT2D eigenvalue weighted by Gasteiger charge is -2.35. The van der Waals surface area contributed by atoms with Crippen molar-refractivity contribution in [3.63, 3.8) is 0 Å². The third kappa shape index (κ3) is 6.32. The Morgan fingerprint density at radius 3 is 2.27 bits per heavy atom. The molecule has 0 radical (unpaired) electrons. The number of allylic oxidation sites excluding steroid dienone is 2. The van der Waals surface area contributed by atoms with Crippen molar-refractivity contribution in [3.8, 4) is 0 Å². The van der Waals surface area contributed by atoms with Gasteiger partial charge in [0.15, 0.2) is 0 Å². The summed E-state index contributed by atoms with van der Waals surface area (Å²) >= 11 is 0. The van der Waals surface area contributed by atoms with Crippen LogP contribution in [0.15, 0.2) is 12.2 Å². The van der Waals surface area contributed by atoms with Gasteiger partial charge >= 0.3 is 0 Å². The van der Waals surface area contributed by atoms with Crippen LogP contribution in [0.3, 0.4) is 0 Å². The molecule has 0 aromatic heterocycles. The van der Waals surface area contributed by atoms with Gasteiger partial charge in [-0.05, 0) is 40.0 Å². The minimum absolute atomic E-state index is 0.0553. The van der Waals surface area contributed by atoms with Crippen LogP contribution < -0.4 is 0 Å². The van der Waals surface area contributed by atoms with Gasteiger partial charge in [0.25, 0.3) is 0 Å². The van der Waals surface area contributed by atoms with Gasteiger partial charge in [0.1, 0.15) is 0 Å². The van der Waals surface area contributed by atoms with Gasteiger partial charge in [-0.3, -0.25) is 4.79 Å². The zero-order chi connectivity index (χ0) is 11.9. The topological polar surface area (TPSA) is 20.3 Å². The summed E-state index contributed by atoms with van der Waals surface area (Å²) in [6, 6.07) is 0. The van der Waals surface area contributed by atoms with Crippen LogP contribution >= 0.6 is 0 Å². The molecule has 0 saturated carbocycles. The number of unbranched alkanes of at least 4 members (excludes halogenated alkanes) is 1. The fraction of sp³-hybridized carbons (Fsp3) is 0.769. The number of carbonyl (C=O) groups excluding carboxylic acids is 1. The largest absolute Gasteiger partial charge is 0.338 e. The Balaban J connectivity index is 3.99. The Morgan fingerprint density at radius 2 is 1.87 bits per heavy atom. The lowest BCUT2D eigenvalue weighted by molar-refractivity contribution is -0.133. The fourth-order valence-electron chi connectivity index (χ4n) is 1.62. The van der Waals surface area contributed by atoms with Crippen molar-refractivity contribution >= 4 is 5.91 Å². The van der Waals surface area contributed by atoms with E-state index in [1.807, 2.05) is 4.90 Å². The van der Waals surface area contributed by atoms with E-state index < -0.39 is 0 Å². The highest BCUT2D eigenvalue weighted by atomic mass is 16.2. The SMILES string of the molecule is CC/C=C\CCCN(C(C)=O)C(C)(C)C. The second-order valence-electron chi connectivity index (χ2n) is 4.86. The molecule has 0 rings (SSSR count). The molecule has 15 heavy (non-hydrogen) atoms. The molecule has 2 nitrogen and oxygen atoms in total. The highest BCUT2D eigenvalue weighted by Gasteiger charge is 2.22. The summed E-state index contributed by atoms with van der Waals surface area (Å²) in [6.07, 6.45) is 7.58. The average Bonchev–Trinajstić information content (AvgIpc) is 2.08. The Morgan fingerprint density at radius 1 is 1.27 bits per heavy atom. The molecule has 0 N–H and O–H groups in total. The molecule has 0 aliphatic carbocycles.